The molecule has 1 amide bonds. The first-order valence-electron chi connectivity index (χ1n) is 3.91. The van der Waals surface area contributed by atoms with E-state index < -0.39 is 18.3 Å². The molecule has 0 aliphatic carbocycles. The van der Waals surface area contributed by atoms with Crippen molar-refractivity contribution in [3.05, 3.63) is 24.2 Å². The fourth-order valence-electron chi connectivity index (χ4n) is 0.798. The smallest absolute Gasteiger partial charge is 0.383 e. The van der Waals surface area contributed by atoms with Gasteiger partial charge in [-0.25, -0.2) is 8.78 Å². The minimum absolute atomic E-state index is 0.202. The van der Waals surface area contributed by atoms with E-state index in [9.17, 15) is 22.4 Å². The van der Waals surface area contributed by atoms with E-state index in [0.29, 0.717) is 0 Å². The molecule has 7 heteroatoms. The first-order chi connectivity index (χ1) is 6.94. The molecule has 0 spiro atoms. The SMILES string of the molecule is O=C(NCc1ccco1)C(F)(F)C(F)F. The lowest BCUT2D eigenvalue weighted by Gasteiger charge is -2.13. The highest BCUT2D eigenvalue weighted by Gasteiger charge is 2.48. The minimum atomic E-state index is -4.67. The maximum absolute atomic E-state index is 12.4. The highest BCUT2D eigenvalue weighted by atomic mass is 19.3. The van der Waals surface area contributed by atoms with Crippen molar-refractivity contribution in [2.75, 3.05) is 0 Å². The van der Waals surface area contributed by atoms with E-state index in [1.54, 1.807) is 5.32 Å². The van der Waals surface area contributed by atoms with Crippen LogP contribution in [0.5, 0.6) is 0 Å². The molecule has 1 aromatic rings. The Labute approximate surface area is 82.1 Å². The zero-order chi connectivity index (χ0) is 11.5. The number of carbonyl (C=O) groups excluding carboxylic acids is 1. The number of alkyl halides is 4. The van der Waals surface area contributed by atoms with Crippen molar-refractivity contribution < 1.29 is 26.8 Å². The average Bonchev–Trinajstić information content (AvgIpc) is 2.66. The van der Waals surface area contributed by atoms with Gasteiger partial charge in [-0.15, -0.1) is 0 Å². The summed E-state index contributed by atoms with van der Waals surface area (Å²) in [6.07, 6.45) is -2.75. The minimum Gasteiger partial charge on any atom is -0.467 e. The van der Waals surface area contributed by atoms with Crippen molar-refractivity contribution in [3.63, 3.8) is 0 Å². The molecule has 0 atom stereocenters. The van der Waals surface area contributed by atoms with Gasteiger partial charge < -0.3 is 9.73 Å². The highest BCUT2D eigenvalue weighted by molar-refractivity contribution is 5.83. The first-order valence-corrected chi connectivity index (χ1v) is 3.91. The maximum Gasteiger partial charge on any atom is 0.383 e. The molecule has 1 N–H and O–H groups in total. The predicted octanol–water partition coefficient (Wildman–Crippen LogP) is 1.80. The second-order valence-corrected chi connectivity index (χ2v) is 2.69. The van der Waals surface area contributed by atoms with Crippen LogP contribution in [-0.2, 0) is 11.3 Å². The molecule has 0 radical (unpaired) electrons. The van der Waals surface area contributed by atoms with Crippen LogP contribution in [0.2, 0.25) is 0 Å². The summed E-state index contributed by atoms with van der Waals surface area (Å²) >= 11 is 0. The Kier molecular flexibility index (Phi) is 3.33. The van der Waals surface area contributed by atoms with Gasteiger partial charge in [0.1, 0.15) is 5.76 Å². The van der Waals surface area contributed by atoms with Gasteiger partial charge in [0.05, 0.1) is 12.8 Å². The van der Waals surface area contributed by atoms with Crippen LogP contribution in [0, 0.1) is 0 Å². The molecule has 0 aliphatic heterocycles. The Bertz CT molecular complexity index is 323. The van der Waals surface area contributed by atoms with Gasteiger partial charge in [-0.05, 0) is 12.1 Å². The normalized spacial score (nSPS) is 11.8. The summed E-state index contributed by atoms with van der Waals surface area (Å²) in [5.41, 5.74) is 0. The zero-order valence-corrected chi connectivity index (χ0v) is 7.34. The Hall–Kier alpha value is -1.53. The van der Waals surface area contributed by atoms with Gasteiger partial charge in [0.2, 0.25) is 0 Å². The lowest BCUT2D eigenvalue weighted by molar-refractivity contribution is -0.169. The molecule has 1 aromatic heterocycles. The van der Waals surface area contributed by atoms with Gasteiger partial charge in [-0.3, -0.25) is 4.79 Å². The summed E-state index contributed by atoms with van der Waals surface area (Å²) in [6, 6.07) is 2.90. The van der Waals surface area contributed by atoms with E-state index in [-0.39, 0.29) is 12.3 Å². The van der Waals surface area contributed by atoms with Crippen molar-refractivity contribution in [2.24, 2.45) is 0 Å². The van der Waals surface area contributed by atoms with Crippen molar-refractivity contribution in [2.45, 2.75) is 18.9 Å². The standard InChI is InChI=1S/C8H7F4NO2/c9-6(10)8(11,12)7(14)13-4-5-2-1-3-15-5/h1-3,6H,4H2,(H,13,14). The zero-order valence-electron chi connectivity index (χ0n) is 7.34. The summed E-state index contributed by atoms with van der Waals surface area (Å²) in [4.78, 5) is 10.6. The van der Waals surface area contributed by atoms with Gasteiger partial charge in [0.15, 0.2) is 0 Å². The second-order valence-electron chi connectivity index (χ2n) is 2.69. The fourth-order valence-corrected chi connectivity index (χ4v) is 0.798. The van der Waals surface area contributed by atoms with Gasteiger partial charge in [0, 0.05) is 0 Å². The largest absolute Gasteiger partial charge is 0.467 e. The highest BCUT2D eigenvalue weighted by Crippen LogP contribution is 2.22. The molecule has 0 aromatic carbocycles. The fraction of sp³-hybridized carbons (Fsp3) is 0.375. The molecular formula is C8H7F4NO2. The van der Waals surface area contributed by atoms with Crippen LogP contribution in [0.1, 0.15) is 5.76 Å². The molecule has 1 rings (SSSR count). The number of halogens is 4. The Morgan fingerprint density at radius 3 is 2.67 bits per heavy atom. The summed E-state index contributed by atoms with van der Waals surface area (Å²) in [7, 11) is 0. The van der Waals surface area contributed by atoms with Crippen LogP contribution >= 0.6 is 0 Å². The van der Waals surface area contributed by atoms with Crippen LogP contribution in [0.4, 0.5) is 17.6 Å². The van der Waals surface area contributed by atoms with Gasteiger partial charge in [-0.1, -0.05) is 0 Å². The van der Waals surface area contributed by atoms with Crippen molar-refractivity contribution in [1.29, 1.82) is 0 Å². The number of hydrogen-bond donors (Lipinski definition) is 1. The number of carbonyl (C=O) groups is 1. The van der Waals surface area contributed by atoms with E-state index in [4.69, 9.17) is 4.42 Å². The van der Waals surface area contributed by atoms with Crippen LogP contribution in [0.25, 0.3) is 0 Å². The Morgan fingerprint density at radius 1 is 1.53 bits per heavy atom. The van der Waals surface area contributed by atoms with E-state index in [1.165, 1.54) is 18.4 Å². The van der Waals surface area contributed by atoms with Gasteiger partial charge in [-0.2, -0.15) is 8.78 Å². The third kappa shape index (κ3) is 2.71. The number of nitrogens with one attached hydrogen (secondary N) is 1. The lowest BCUT2D eigenvalue weighted by Crippen LogP contribution is -2.44. The number of hydrogen-bond acceptors (Lipinski definition) is 2. The quantitative estimate of drug-likeness (QED) is 0.794. The van der Waals surface area contributed by atoms with Crippen molar-refractivity contribution in [1.82, 2.24) is 5.32 Å². The summed E-state index contributed by atoms with van der Waals surface area (Å²) in [6.45, 7) is -0.353. The Morgan fingerprint density at radius 2 is 2.20 bits per heavy atom. The summed E-state index contributed by atoms with van der Waals surface area (Å²) < 4.78 is 52.9. The topological polar surface area (TPSA) is 42.2 Å². The Balaban J connectivity index is 2.49. The number of rotatable bonds is 4. The molecule has 0 saturated carbocycles. The van der Waals surface area contributed by atoms with Crippen LogP contribution < -0.4 is 5.32 Å². The molecule has 0 unspecified atom stereocenters. The molecule has 0 fully saturated rings. The number of furan rings is 1. The van der Waals surface area contributed by atoms with E-state index in [0.717, 1.165) is 0 Å². The van der Waals surface area contributed by atoms with Crippen molar-refractivity contribution in [3.8, 4) is 0 Å². The first kappa shape index (κ1) is 11.5. The molecule has 84 valence electrons. The van der Waals surface area contributed by atoms with E-state index >= 15 is 0 Å². The summed E-state index contributed by atoms with van der Waals surface area (Å²) in [5, 5.41) is 1.64. The third-order valence-electron chi connectivity index (χ3n) is 1.58. The van der Waals surface area contributed by atoms with Crippen LogP contribution in [0.3, 0.4) is 0 Å². The molecule has 15 heavy (non-hydrogen) atoms. The van der Waals surface area contributed by atoms with Crippen LogP contribution in [0.15, 0.2) is 22.8 Å². The summed E-state index contributed by atoms with van der Waals surface area (Å²) in [5.74, 6) is -6.49. The molecule has 3 nitrogen and oxygen atoms in total. The second kappa shape index (κ2) is 4.33. The molecule has 1 heterocycles. The van der Waals surface area contributed by atoms with Gasteiger partial charge in [0.25, 0.3) is 5.91 Å². The van der Waals surface area contributed by atoms with Crippen molar-refractivity contribution >= 4 is 5.91 Å². The average molecular weight is 225 g/mol. The van der Waals surface area contributed by atoms with E-state index in [2.05, 4.69) is 0 Å². The molecule has 0 saturated heterocycles. The molecule has 0 aliphatic rings. The predicted molar refractivity (Wildman–Crippen MR) is 41.5 cm³/mol. The van der Waals surface area contributed by atoms with Crippen LogP contribution in [-0.4, -0.2) is 18.3 Å². The monoisotopic (exact) mass is 225 g/mol. The number of amides is 1. The third-order valence-corrected chi connectivity index (χ3v) is 1.58. The van der Waals surface area contributed by atoms with Gasteiger partial charge >= 0.3 is 12.3 Å². The lowest BCUT2D eigenvalue weighted by atomic mass is 10.3. The molecule has 0 bridgehead atoms. The maximum atomic E-state index is 12.4. The van der Waals surface area contributed by atoms with E-state index in [1.807, 2.05) is 0 Å². The molecular weight excluding hydrogens is 218 g/mol.